The first-order chi connectivity index (χ1) is 14.3. The van der Waals surface area contributed by atoms with Crippen molar-refractivity contribution < 1.29 is 12.8 Å². The maximum absolute atomic E-state index is 14.7. The van der Waals surface area contributed by atoms with Crippen LogP contribution in [0.4, 0.5) is 27.3 Å². The van der Waals surface area contributed by atoms with Crippen LogP contribution in [0.25, 0.3) is 0 Å². The van der Waals surface area contributed by atoms with E-state index in [4.69, 9.17) is 17.3 Å². The first-order valence-electron chi connectivity index (χ1n) is 9.10. The number of anilines is 4. The van der Waals surface area contributed by atoms with Crippen LogP contribution in [0.5, 0.6) is 0 Å². The third-order valence-electron chi connectivity index (χ3n) is 4.72. The van der Waals surface area contributed by atoms with E-state index in [-0.39, 0.29) is 22.6 Å². The lowest BCUT2D eigenvalue weighted by Crippen LogP contribution is -2.26. The van der Waals surface area contributed by atoms with Gasteiger partial charge < -0.3 is 16.0 Å². The summed E-state index contributed by atoms with van der Waals surface area (Å²) in [6.45, 7) is 1.54. The smallest absolute Gasteiger partial charge is 0.266 e. The first kappa shape index (κ1) is 20.9. The third kappa shape index (κ3) is 4.36. The van der Waals surface area contributed by atoms with E-state index >= 15 is 0 Å². The second kappa shape index (κ2) is 8.38. The van der Waals surface area contributed by atoms with Crippen LogP contribution in [0.1, 0.15) is 6.42 Å². The summed E-state index contributed by atoms with van der Waals surface area (Å²) in [5, 5.41) is 4.70. The molecule has 30 heavy (non-hydrogen) atoms. The van der Waals surface area contributed by atoms with Gasteiger partial charge in [0.15, 0.2) is 5.82 Å². The highest BCUT2D eigenvalue weighted by molar-refractivity contribution is 7.92. The molecule has 2 aromatic carbocycles. The van der Waals surface area contributed by atoms with Gasteiger partial charge in [-0.2, -0.15) is 0 Å². The number of aromatic nitrogens is 1. The molecule has 0 radical (unpaired) electrons. The second-order valence-corrected chi connectivity index (χ2v) is 9.66. The van der Waals surface area contributed by atoms with Crippen LogP contribution in [0, 0.1) is 5.82 Å². The third-order valence-corrected chi connectivity index (χ3v) is 6.99. The van der Waals surface area contributed by atoms with Crippen LogP contribution in [0.15, 0.2) is 52.2 Å². The van der Waals surface area contributed by atoms with E-state index in [9.17, 15) is 12.8 Å². The van der Waals surface area contributed by atoms with Crippen molar-refractivity contribution in [3.63, 3.8) is 0 Å². The maximum Gasteiger partial charge on any atom is 0.266 e. The van der Waals surface area contributed by atoms with Crippen molar-refractivity contribution in [1.29, 1.82) is 0 Å². The van der Waals surface area contributed by atoms with Gasteiger partial charge in [-0.25, -0.2) is 17.8 Å². The van der Waals surface area contributed by atoms with Crippen molar-refractivity contribution in [3.05, 3.63) is 58.1 Å². The highest BCUT2D eigenvalue weighted by Gasteiger charge is 2.24. The Balaban J connectivity index is 1.62. The van der Waals surface area contributed by atoms with Crippen molar-refractivity contribution in [2.75, 3.05) is 28.0 Å². The lowest BCUT2D eigenvalue weighted by molar-refractivity contribution is 0.570. The molecular weight excluding hydrogens is 449 g/mol. The Kier molecular flexibility index (Phi) is 5.83. The molecule has 158 valence electrons. The predicted octanol–water partition coefficient (Wildman–Crippen LogP) is 4.02. The number of thiazole rings is 1. The summed E-state index contributed by atoms with van der Waals surface area (Å²) in [5.41, 5.74) is 9.39. The van der Waals surface area contributed by atoms with Crippen molar-refractivity contribution in [1.82, 2.24) is 4.98 Å². The van der Waals surface area contributed by atoms with E-state index in [0.29, 0.717) is 0 Å². The lowest BCUT2D eigenvalue weighted by Gasteiger charge is -2.22. The molecule has 1 atom stereocenters. The summed E-state index contributed by atoms with van der Waals surface area (Å²) in [4.78, 5) is 5.45. The van der Waals surface area contributed by atoms with E-state index in [0.717, 1.165) is 43.0 Å². The molecule has 0 aliphatic carbocycles. The van der Waals surface area contributed by atoms with Gasteiger partial charge in [-0.05, 0) is 24.6 Å². The zero-order valence-corrected chi connectivity index (χ0v) is 18.1. The second-order valence-electron chi connectivity index (χ2n) is 6.88. The van der Waals surface area contributed by atoms with E-state index in [1.54, 1.807) is 0 Å². The maximum atomic E-state index is 14.7. The Morgan fingerprint density at radius 2 is 2.07 bits per heavy atom. The Morgan fingerprint density at radius 1 is 1.27 bits per heavy atom. The summed E-state index contributed by atoms with van der Waals surface area (Å²) < 4.78 is 42.0. The number of rotatable bonds is 6. The van der Waals surface area contributed by atoms with Crippen molar-refractivity contribution in [2.24, 2.45) is 5.73 Å². The van der Waals surface area contributed by atoms with Gasteiger partial charge in [0.25, 0.3) is 10.0 Å². The Labute approximate surface area is 182 Å². The minimum absolute atomic E-state index is 0.0722. The van der Waals surface area contributed by atoms with Gasteiger partial charge in [0.2, 0.25) is 0 Å². The minimum atomic E-state index is -4.17. The zero-order valence-electron chi connectivity index (χ0n) is 15.7. The van der Waals surface area contributed by atoms with E-state index < -0.39 is 20.7 Å². The van der Waals surface area contributed by atoms with Gasteiger partial charge in [-0.1, -0.05) is 23.7 Å². The number of hydrogen-bond donors (Lipinski definition) is 3. The molecule has 4 rings (SSSR count). The normalized spacial score (nSPS) is 16.6. The number of nitrogens with one attached hydrogen (secondary N) is 2. The number of nitrogens with two attached hydrogens (primary N) is 1. The molecule has 2 heterocycles. The molecule has 1 aliphatic heterocycles. The van der Waals surface area contributed by atoms with Crippen LogP contribution >= 0.6 is 22.9 Å². The summed E-state index contributed by atoms with van der Waals surface area (Å²) in [7, 11) is -4.17. The number of hydrogen-bond acceptors (Lipinski definition) is 7. The topological polar surface area (TPSA) is 100 Å². The highest BCUT2D eigenvalue weighted by Crippen LogP contribution is 2.35. The summed E-state index contributed by atoms with van der Waals surface area (Å²) in [6, 6.07) is 9.82. The molecule has 0 bridgehead atoms. The number of sulfonamides is 1. The average Bonchev–Trinajstić information content (AvgIpc) is 3.36. The van der Waals surface area contributed by atoms with Gasteiger partial charge in [0, 0.05) is 30.6 Å². The first-order valence-corrected chi connectivity index (χ1v) is 11.9. The van der Waals surface area contributed by atoms with E-state index in [1.807, 2.05) is 24.3 Å². The van der Waals surface area contributed by atoms with Gasteiger partial charge in [0.1, 0.15) is 10.7 Å². The molecule has 0 amide bonds. The van der Waals surface area contributed by atoms with Gasteiger partial charge in [-0.3, -0.25) is 4.72 Å². The molecule has 4 N–H and O–H groups in total. The van der Waals surface area contributed by atoms with E-state index in [1.165, 1.54) is 22.2 Å². The van der Waals surface area contributed by atoms with Gasteiger partial charge >= 0.3 is 0 Å². The molecule has 1 aromatic heterocycles. The predicted molar refractivity (Wildman–Crippen MR) is 119 cm³/mol. The van der Waals surface area contributed by atoms with Crippen molar-refractivity contribution >= 4 is 55.8 Å². The van der Waals surface area contributed by atoms with E-state index in [2.05, 4.69) is 19.9 Å². The Hall–Kier alpha value is -2.40. The summed E-state index contributed by atoms with van der Waals surface area (Å²) in [6.07, 6.45) is 0.891. The molecule has 3 aromatic rings. The van der Waals surface area contributed by atoms with Crippen LogP contribution in [-0.2, 0) is 10.0 Å². The van der Waals surface area contributed by atoms with Crippen LogP contribution in [0.3, 0.4) is 0 Å². The fourth-order valence-corrected chi connectivity index (χ4v) is 5.21. The molecule has 7 nitrogen and oxygen atoms in total. The van der Waals surface area contributed by atoms with Crippen LogP contribution in [-0.4, -0.2) is 32.5 Å². The lowest BCUT2D eigenvalue weighted by atomic mass is 10.2. The monoisotopic (exact) mass is 467 g/mol. The average molecular weight is 468 g/mol. The molecule has 11 heteroatoms. The quantitative estimate of drug-likeness (QED) is 0.506. The molecule has 1 saturated heterocycles. The fourth-order valence-electron chi connectivity index (χ4n) is 3.29. The van der Waals surface area contributed by atoms with Crippen LogP contribution < -0.4 is 20.7 Å². The van der Waals surface area contributed by atoms with Gasteiger partial charge in [-0.15, -0.1) is 11.3 Å². The molecular formula is C19H19ClFN5O2S2. The Bertz CT molecular complexity index is 1160. The summed E-state index contributed by atoms with van der Waals surface area (Å²) in [5.74, 6) is -0.805. The highest BCUT2D eigenvalue weighted by atomic mass is 35.5. The van der Waals surface area contributed by atoms with Gasteiger partial charge in [0.05, 0.1) is 27.6 Å². The van der Waals surface area contributed by atoms with Crippen molar-refractivity contribution in [2.45, 2.75) is 17.4 Å². The fraction of sp³-hybridized carbons (Fsp3) is 0.211. The summed E-state index contributed by atoms with van der Waals surface area (Å²) >= 11 is 7.52. The molecule has 0 spiro atoms. The Morgan fingerprint density at radius 3 is 2.77 bits per heavy atom. The molecule has 1 aliphatic rings. The number of halogens is 2. The molecule has 1 fully saturated rings. The zero-order chi connectivity index (χ0) is 21.3. The molecule has 0 saturated carbocycles. The van der Waals surface area contributed by atoms with Crippen molar-refractivity contribution in [3.8, 4) is 0 Å². The standard InChI is InChI=1S/C19H19ClFN5O2S2/c20-13-7-18(30(27,28)25-19-10-29-11-23-19)14(21)8-16(13)24-15-3-1-2-4-17(15)26-6-5-12(22)9-26/h1-4,7-8,10-12,24-25H,5-6,9,22H2. The number of nitrogens with zero attached hydrogens (tertiary/aromatic N) is 2. The SMILES string of the molecule is NC1CCN(c2ccccc2Nc2cc(F)c(S(=O)(=O)Nc3cscn3)cc2Cl)C1. The number of para-hydroxylation sites is 2. The minimum Gasteiger partial charge on any atom is -0.368 e. The molecule has 1 unspecified atom stereocenters. The number of benzene rings is 2. The largest absolute Gasteiger partial charge is 0.368 e. The van der Waals surface area contributed by atoms with Crippen LogP contribution in [0.2, 0.25) is 5.02 Å².